The molecule has 41 heteroatoms. The number of hydrogen-bond acceptors (Lipinski definition) is 28. The van der Waals surface area contributed by atoms with Crippen molar-refractivity contribution in [2.24, 2.45) is 11.7 Å². The molecule has 21 N–H and O–H groups in total. The Hall–Kier alpha value is -11.9. The van der Waals surface area contributed by atoms with E-state index < -0.39 is 290 Å². The van der Waals surface area contributed by atoms with Crippen LogP contribution < -0.4 is 67.8 Å². The van der Waals surface area contributed by atoms with E-state index in [0.29, 0.717) is 5.56 Å². The summed E-state index contributed by atoms with van der Waals surface area (Å²) in [5, 5.41) is 137. The summed E-state index contributed by atoms with van der Waals surface area (Å²) in [4.78, 5) is 159. The molecule has 18 atom stereocenters. The molecule has 2 saturated heterocycles. The van der Waals surface area contributed by atoms with Crippen molar-refractivity contribution in [3.63, 3.8) is 0 Å². The monoisotopic (exact) mass is 1720 g/mol. The van der Waals surface area contributed by atoms with Crippen LogP contribution in [0.3, 0.4) is 0 Å². The maximum absolute atomic E-state index is 16.3. The van der Waals surface area contributed by atoms with Crippen molar-refractivity contribution in [2.75, 3.05) is 13.2 Å². The molecule has 2 unspecified atom stereocenters. The number of carbonyl (C=O) groups is 11. The van der Waals surface area contributed by atoms with E-state index in [0.717, 1.165) is 78.9 Å². The highest BCUT2D eigenvalue weighted by atomic mass is 35.5. The largest absolute Gasteiger partial charge is 0.508 e. The molecular weight excluding hydrogens is 1640 g/mol. The maximum atomic E-state index is 16.3. The lowest BCUT2D eigenvalue weighted by Gasteiger charge is -2.48. The normalized spacial score (nSPS) is 26.4. The number of carbonyl (C=O) groups excluding carboxylic acids is 10. The zero-order chi connectivity index (χ0) is 88.1. The zero-order valence-electron chi connectivity index (χ0n) is 65.6. The third-order valence-corrected chi connectivity index (χ3v) is 20.7. The molecule has 0 aromatic heterocycles. The Bertz CT molecular complexity index is 4980. The summed E-state index contributed by atoms with van der Waals surface area (Å²) in [5.41, 5.74) is 0.438. The predicted molar refractivity (Wildman–Crippen MR) is 418 cm³/mol. The number of benzene rings is 6. The van der Waals surface area contributed by atoms with Crippen molar-refractivity contribution < 1.29 is 142 Å². The Morgan fingerprint density at radius 3 is 1.92 bits per heavy atom. The van der Waals surface area contributed by atoms with Gasteiger partial charge in [0.05, 0.1) is 34.7 Å². The Morgan fingerprint density at radius 1 is 0.686 bits per heavy atom. The molecule has 0 radical (unpaired) electrons. The average Bonchev–Trinajstić information content (AvgIpc) is 0.753. The second-order valence-corrected chi connectivity index (χ2v) is 31.8. The van der Waals surface area contributed by atoms with Crippen LogP contribution in [0.1, 0.15) is 131 Å². The van der Waals surface area contributed by atoms with Crippen LogP contribution in [-0.2, 0) is 73.4 Å². The number of phenolic OH excluding ortho intramolecular Hbond substituents is 3. The summed E-state index contributed by atoms with van der Waals surface area (Å²) in [7, 11) is 0. The van der Waals surface area contributed by atoms with E-state index in [4.69, 9.17) is 66.8 Å². The maximum Gasteiger partial charge on any atom is 0.408 e. The number of halogens is 2. The first kappa shape index (κ1) is 89.9. The quantitative estimate of drug-likeness (QED) is 0.0588. The average molecular weight is 1730 g/mol. The van der Waals surface area contributed by atoms with Gasteiger partial charge in [0.2, 0.25) is 59.3 Å². The van der Waals surface area contributed by atoms with E-state index in [1.807, 2.05) is 0 Å². The van der Waals surface area contributed by atoms with Gasteiger partial charge in [-0.25, -0.2) is 14.4 Å². The Kier molecular flexibility index (Phi) is 27.8. The van der Waals surface area contributed by atoms with Gasteiger partial charge in [0, 0.05) is 29.2 Å². The first-order valence-electron chi connectivity index (χ1n) is 37.8. The second kappa shape index (κ2) is 37.4. The van der Waals surface area contributed by atoms with E-state index in [1.165, 1.54) is 13.8 Å². The third-order valence-electron chi connectivity index (χ3n) is 20.1. The fourth-order valence-electron chi connectivity index (χ4n) is 14.2. The number of hydrogen-bond donors (Lipinski definition) is 20. The fraction of sp³-hybridized carbons (Fsp3) is 0.412. The first-order chi connectivity index (χ1) is 57.1. The molecule has 6 aromatic carbocycles. The summed E-state index contributed by atoms with van der Waals surface area (Å²) in [6.45, 7) is 9.00. The van der Waals surface area contributed by atoms with E-state index in [2.05, 4.69) is 47.9 Å². The van der Waals surface area contributed by atoms with Crippen molar-refractivity contribution in [3.05, 3.63) is 153 Å². The number of alkyl carbamates (subject to hydrolysis) is 2. The van der Waals surface area contributed by atoms with E-state index >= 15 is 19.2 Å². The lowest BCUT2D eigenvalue weighted by Crippen LogP contribution is -2.66. The molecule has 0 saturated carbocycles. The molecule has 7 heterocycles. The van der Waals surface area contributed by atoms with Crippen LogP contribution in [0, 0.1) is 5.92 Å². The van der Waals surface area contributed by atoms with Crippen LogP contribution in [0.15, 0.2) is 109 Å². The van der Waals surface area contributed by atoms with Gasteiger partial charge in [-0.05, 0) is 129 Å². The fourth-order valence-corrected chi connectivity index (χ4v) is 14.7. The highest BCUT2D eigenvalue weighted by Gasteiger charge is 2.53. The van der Waals surface area contributed by atoms with E-state index in [-0.39, 0.29) is 30.1 Å². The van der Waals surface area contributed by atoms with E-state index in [1.54, 1.807) is 65.0 Å². The SMILES string of the molecule is CC(C)C[C@H](NC(=O)OCc1ccccc1)C(=O)N[C@H]1C(=O)N[C@@H](CC(N)=O)C(=O)N[C@H]2C(=O)N[C@H]3C(=O)N[C@H](C(=O)N[C@H](C(=O)O)c4cc(O)cc(O)c4-c4cc3ccc4O)[C@H](O)c3ccc(c(Cl)c3)Oc3cc2cc(c3OC2O[C@H](CO)[C@@H](O)[C@H](O)C2O[C@H]2C[C@](C)(NC(=O)CNC(=O)OC(C)(C)C)[C@H](O)[C@H](C)O2)Oc2ccc(cc2Cl)[C@H]1O. The van der Waals surface area contributed by atoms with Crippen molar-refractivity contribution in [3.8, 4) is 57.1 Å². The molecule has 7 aliphatic heterocycles. The molecule has 0 spiro atoms. The Labute approximate surface area is 698 Å². The number of carboxylic acid groups (broad SMARTS) is 1. The number of aromatic hydroxyl groups is 3. The predicted octanol–water partition coefficient (Wildman–Crippen LogP) is 2.50. The zero-order valence-corrected chi connectivity index (χ0v) is 67.1. The van der Waals surface area contributed by atoms with Crippen LogP contribution in [0.25, 0.3) is 11.1 Å². The molecule has 0 aliphatic carbocycles. The molecule has 7 aliphatic rings. The summed E-state index contributed by atoms with van der Waals surface area (Å²) in [5.74, 6) is -18.5. The molecule has 13 rings (SSSR count). The summed E-state index contributed by atoms with van der Waals surface area (Å²) >= 11 is 14.3. The third kappa shape index (κ3) is 21.1. The molecule has 648 valence electrons. The number of aliphatic hydroxyl groups excluding tert-OH is 6. The van der Waals surface area contributed by atoms with Gasteiger partial charge < -0.3 is 143 Å². The van der Waals surface area contributed by atoms with Crippen LogP contribution in [-0.4, -0.2) is 214 Å². The first-order valence-corrected chi connectivity index (χ1v) is 38.6. The molecule has 6 aromatic rings. The van der Waals surface area contributed by atoms with Crippen molar-refractivity contribution >= 4 is 88.6 Å². The van der Waals surface area contributed by atoms with Gasteiger partial charge in [0.25, 0.3) is 0 Å². The van der Waals surface area contributed by atoms with Crippen LogP contribution >= 0.6 is 23.2 Å². The molecular formula is C80H90Cl2N10O29. The number of carboxylic acids is 1. The summed E-state index contributed by atoms with van der Waals surface area (Å²) < 4.78 is 49.5. The van der Waals surface area contributed by atoms with Crippen molar-refractivity contribution in [2.45, 2.75) is 189 Å². The summed E-state index contributed by atoms with van der Waals surface area (Å²) in [6.07, 6.45) is -23.0. The number of primary amides is 1. The highest BCUT2D eigenvalue weighted by molar-refractivity contribution is 6.32. The Morgan fingerprint density at radius 2 is 1.31 bits per heavy atom. The smallest absolute Gasteiger partial charge is 0.408 e. The van der Waals surface area contributed by atoms with Crippen LogP contribution in [0.2, 0.25) is 10.0 Å². The van der Waals surface area contributed by atoms with Gasteiger partial charge in [-0.2, -0.15) is 0 Å². The highest BCUT2D eigenvalue weighted by Crippen LogP contribution is 2.50. The number of phenols is 3. The van der Waals surface area contributed by atoms with Gasteiger partial charge in [-0.15, -0.1) is 0 Å². The van der Waals surface area contributed by atoms with Gasteiger partial charge >= 0.3 is 18.2 Å². The minimum Gasteiger partial charge on any atom is -0.508 e. The van der Waals surface area contributed by atoms with Gasteiger partial charge in [-0.1, -0.05) is 85.6 Å². The molecule has 2 fully saturated rings. The van der Waals surface area contributed by atoms with Gasteiger partial charge in [0.15, 0.2) is 29.9 Å². The molecule has 39 nitrogen and oxygen atoms in total. The van der Waals surface area contributed by atoms with Gasteiger partial charge in [-0.3, -0.25) is 38.4 Å². The second-order valence-electron chi connectivity index (χ2n) is 30.9. The standard InChI is InChI=1S/C80H90Cl2N10O29/c1-32(2)19-44(86-78(113)114-31-34-11-9-8-10-12-34)69(104)90-60-62(99)36-14-17-48(42(81)21-36)116-50-23-38-24-51(66(50)120-76-67(65(102)64(101)52(30-93)118-76)119-55-28-80(7,68(103)33(3)115-55)92-54(98)29-84-77(112)121-79(4,5)6)117-49-18-15-37(22-43(49)82)63(100)61-74(109)89-59(75(110)111)41-25-39(94)26-47(96)56(41)40-20-35(13-16-46(40)95)57(71(106)91-61)88-72(107)58(38)87-70(105)45(27-53(83)97)85-73(60)108/h8-18,20-26,32-33,44-45,52,55,57-65,67-68,76,93-96,99-103H,19,27-31H2,1-7H3,(H2,83,97)(H,84,112)(H,85,108)(H,86,113)(H,87,105)(H,88,107)(H,89,109)(H,90,104)(H,91,106)(H,92,98)(H,110,111)/t33-,44-,45-,52+,55-,57+,58+,59-,60+,61-,62+,63+,64+,65-,67?,68+,76?,80-/m0/s1. The number of nitrogens with two attached hydrogens (primary N) is 1. The van der Waals surface area contributed by atoms with Crippen LogP contribution in [0.5, 0.6) is 46.0 Å². The number of amides is 10. The number of ether oxygens (including phenoxy) is 8. The molecule has 121 heavy (non-hydrogen) atoms. The molecule has 10 amide bonds. The number of rotatable bonds is 18. The van der Waals surface area contributed by atoms with Gasteiger partial charge in [0.1, 0.15) is 120 Å². The van der Waals surface area contributed by atoms with Crippen LogP contribution in [0.4, 0.5) is 9.59 Å². The minimum absolute atomic E-state index is 0.128. The minimum atomic E-state index is -2.46. The number of aliphatic carboxylic acids is 1. The number of nitrogens with one attached hydrogen (secondary N) is 9. The lowest BCUT2D eigenvalue weighted by molar-refractivity contribution is -0.334. The lowest BCUT2D eigenvalue weighted by atomic mass is 9.85. The van der Waals surface area contributed by atoms with E-state index in [9.17, 15) is 84.6 Å². The number of aliphatic hydroxyl groups is 6. The Balaban J connectivity index is 1.10. The summed E-state index contributed by atoms with van der Waals surface area (Å²) in [6, 6.07) is 5.95. The van der Waals surface area contributed by atoms with Crippen molar-refractivity contribution in [1.29, 1.82) is 0 Å². The molecule has 11 bridgehead atoms. The topological polar surface area (TPSA) is 598 Å². The van der Waals surface area contributed by atoms with Crippen molar-refractivity contribution in [1.82, 2.24) is 47.9 Å². The number of fused-ring (bicyclic) bond motifs is 15.